The highest BCUT2D eigenvalue weighted by Crippen LogP contribution is 2.13. The molecule has 0 spiro atoms. The molecule has 0 radical (unpaired) electrons. The highest BCUT2D eigenvalue weighted by atomic mass is 35.5. The minimum absolute atomic E-state index is 0.0276. The van der Waals surface area contributed by atoms with Crippen LogP contribution >= 0.6 is 11.6 Å². The summed E-state index contributed by atoms with van der Waals surface area (Å²) in [4.78, 5) is 13.1. The number of anilines is 1. The first-order valence-electron chi connectivity index (χ1n) is 7.59. The Bertz CT molecular complexity index is 626. The van der Waals surface area contributed by atoms with E-state index in [1.165, 1.54) is 5.56 Å². The number of ether oxygens (including phenoxy) is 1. The minimum Gasteiger partial charge on any atom is -0.488 e. The zero-order valence-corrected chi connectivity index (χ0v) is 14.2. The maximum absolute atomic E-state index is 12.0. The Morgan fingerprint density at radius 1 is 1.13 bits per heavy atom. The summed E-state index contributed by atoms with van der Waals surface area (Å²) in [5.74, 6) is 0.828. The number of quaternary nitrogens is 1. The smallest absolute Gasteiger partial charge is 0.279 e. The first kappa shape index (κ1) is 17.3. The zero-order valence-electron chi connectivity index (χ0n) is 13.4. The number of nitrogens with one attached hydrogen (secondary N) is 2. The number of rotatable bonds is 7. The van der Waals surface area contributed by atoms with Crippen molar-refractivity contribution >= 4 is 23.2 Å². The van der Waals surface area contributed by atoms with Gasteiger partial charge in [0.25, 0.3) is 5.91 Å². The Hall–Kier alpha value is -2.04. The number of carbonyl (C=O) groups excluding carboxylic acids is 1. The van der Waals surface area contributed by atoms with E-state index in [1.54, 1.807) is 24.3 Å². The number of amides is 1. The SMILES string of the molecule is Cc1ccc(OCC[NH+](C)CC(=O)Nc2ccc(Cl)cc2)cc1. The summed E-state index contributed by atoms with van der Waals surface area (Å²) < 4.78 is 5.68. The molecule has 1 amide bonds. The number of carbonyl (C=O) groups is 1. The molecule has 2 rings (SSSR count). The van der Waals surface area contributed by atoms with E-state index in [-0.39, 0.29) is 5.91 Å². The molecule has 0 aromatic heterocycles. The molecule has 2 aromatic carbocycles. The van der Waals surface area contributed by atoms with E-state index in [0.29, 0.717) is 18.2 Å². The van der Waals surface area contributed by atoms with Crippen molar-refractivity contribution in [2.45, 2.75) is 6.92 Å². The van der Waals surface area contributed by atoms with Crippen molar-refractivity contribution in [1.29, 1.82) is 0 Å². The van der Waals surface area contributed by atoms with Crippen molar-refractivity contribution in [3.8, 4) is 5.75 Å². The van der Waals surface area contributed by atoms with Crippen molar-refractivity contribution in [2.75, 3.05) is 32.1 Å². The number of benzene rings is 2. The number of hydrogen-bond donors (Lipinski definition) is 2. The summed E-state index contributed by atoms with van der Waals surface area (Å²) in [7, 11) is 1.97. The van der Waals surface area contributed by atoms with Gasteiger partial charge in [0.2, 0.25) is 0 Å². The Labute approximate surface area is 142 Å². The summed E-state index contributed by atoms with van der Waals surface area (Å²) in [5, 5.41) is 3.51. The van der Waals surface area contributed by atoms with Gasteiger partial charge in [0.05, 0.1) is 7.05 Å². The van der Waals surface area contributed by atoms with E-state index < -0.39 is 0 Å². The normalized spacial score (nSPS) is 11.8. The van der Waals surface area contributed by atoms with Crippen LogP contribution in [0.2, 0.25) is 5.02 Å². The van der Waals surface area contributed by atoms with Gasteiger partial charge in [0.15, 0.2) is 6.54 Å². The molecule has 0 aliphatic rings. The molecule has 5 heteroatoms. The molecule has 2 N–H and O–H groups in total. The Morgan fingerprint density at radius 3 is 2.43 bits per heavy atom. The third kappa shape index (κ3) is 6.30. The first-order valence-corrected chi connectivity index (χ1v) is 7.97. The summed E-state index contributed by atoms with van der Waals surface area (Å²) in [5.41, 5.74) is 1.96. The fourth-order valence-corrected chi connectivity index (χ4v) is 2.20. The number of likely N-dealkylation sites (N-methyl/N-ethyl adjacent to an activating group) is 1. The van der Waals surface area contributed by atoms with Crippen molar-refractivity contribution in [2.24, 2.45) is 0 Å². The van der Waals surface area contributed by atoms with Gasteiger partial charge in [-0.2, -0.15) is 0 Å². The predicted molar refractivity (Wildman–Crippen MR) is 93.4 cm³/mol. The molecule has 0 aliphatic carbocycles. The molecular weight excluding hydrogens is 312 g/mol. The summed E-state index contributed by atoms with van der Waals surface area (Å²) in [6.07, 6.45) is 0. The van der Waals surface area contributed by atoms with E-state index in [1.807, 2.05) is 38.2 Å². The number of hydrogen-bond acceptors (Lipinski definition) is 2. The maximum atomic E-state index is 12.0. The molecule has 2 aromatic rings. The minimum atomic E-state index is -0.0276. The Balaban J connectivity index is 1.69. The molecule has 1 atom stereocenters. The van der Waals surface area contributed by atoms with Crippen LogP contribution in [-0.4, -0.2) is 32.7 Å². The van der Waals surface area contributed by atoms with Gasteiger partial charge in [-0.1, -0.05) is 29.3 Å². The average Bonchev–Trinajstić information content (AvgIpc) is 2.51. The first-order chi connectivity index (χ1) is 11.0. The largest absolute Gasteiger partial charge is 0.488 e. The molecule has 0 fully saturated rings. The second-order valence-electron chi connectivity index (χ2n) is 5.60. The van der Waals surface area contributed by atoms with Gasteiger partial charge in [-0.25, -0.2) is 0 Å². The lowest BCUT2D eigenvalue weighted by atomic mass is 10.2. The summed E-state index contributed by atoms with van der Waals surface area (Å²) in [6.45, 7) is 3.76. The topological polar surface area (TPSA) is 42.8 Å². The highest BCUT2D eigenvalue weighted by molar-refractivity contribution is 6.30. The summed E-state index contributed by atoms with van der Waals surface area (Å²) >= 11 is 5.82. The van der Waals surface area contributed by atoms with Crippen LogP contribution in [0.1, 0.15) is 5.56 Å². The molecule has 23 heavy (non-hydrogen) atoms. The van der Waals surface area contributed by atoms with E-state index in [2.05, 4.69) is 5.32 Å². The van der Waals surface area contributed by atoms with Gasteiger partial charge in [-0.05, 0) is 43.3 Å². The van der Waals surface area contributed by atoms with Gasteiger partial charge in [0.1, 0.15) is 18.9 Å². The van der Waals surface area contributed by atoms with Crippen LogP contribution in [0.4, 0.5) is 5.69 Å². The molecule has 1 unspecified atom stereocenters. The van der Waals surface area contributed by atoms with Gasteiger partial charge >= 0.3 is 0 Å². The van der Waals surface area contributed by atoms with Gasteiger partial charge in [-0.3, -0.25) is 4.79 Å². The van der Waals surface area contributed by atoms with Crippen LogP contribution in [0.25, 0.3) is 0 Å². The van der Waals surface area contributed by atoms with Crippen LogP contribution in [0.15, 0.2) is 48.5 Å². The molecule has 0 saturated carbocycles. The standard InChI is InChI=1S/C18H21ClN2O2/c1-14-3-9-17(10-4-14)23-12-11-21(2)13-18(22)20-16-7-5-15(19)6-8-16/h3-10H,11-13H2,1-2H3,(H,20,22)/p+1. The molecule has 0 aliphatic heterocycles. The molecule has 0 heterocycles. The van der Waals surface area contributed by atoms with Crippen molar-refractivity contribution in [3.05, 3.63) is 59.1 Å². The molecule has 0 bridgehead atoms. The van der Waals surface area contributed by atoms with Crippen LogP contribution in [0.3, 0.4) is 0 Å². The van der Waals surface area contributed by atoms with Crippen LogP contribution in [-0.2, 0) is 4.79 Å². The van der Waals surface area contributed by atoms with E-state index in [0.717, 1.165) is 22.9 Å². The summed E-state index contributed by atoms with van der Waals surface area (Å²) in [6, 6.07) is 15.0. The lowest BCUT2D eigenvalue weighted by Gasteiger charge is -2.14. The van der Waals surface area contributed by atoms with Crippen LogP contribution in [0.5, 0.6) is 5.75 Å². The monoisotopic (exact) mass is 333 g/mol. The molecule has 4 nitrogen and oxygen atoms in total. The lowest BCUT2D eigenvalue weighted by Crippen LogP contribution is -3.10. The van der Waals surface area contributed by atoms with Gasteiger partial charge in [0, 0.05) is 10.7 Å². The Kier molecular flexibility index (Phi) is 6.44. The van der Waals surface area contributed by atoms with Crippen molar-refractivity contribution in [3.63, 3.8) is 0 Å². The fourth-order valence-electron chi connectivity index (χ4n) is 2.08. The maximum Gasteiger partial charge on any atom is 0.279 e. The average molecular weight is 334 g/mol. The van der Waals surface area contributed by atoms with Crippen molar-refractivity contribution in [1.82, 2.24) is 0 Å². The predicted octanol–water partition coefficient (Wildman–Crippen LogP) is 2.18. The second kappa shape index (κ2) is 8.56. The third-order valence-corrected chi connectivity index (χ3v) is 3.66. The van der Waals surface area contributed by atoms with Crippen LogP contribution in [0, 0.1) is 6.92 Å². The second-order valence-corrected chi connectivity index (χ2v) is 6.04. The molecular formula is C18H22ClN2O2+. The van der Waals surface area contributed by atoms with Gasteiger partial charge < -0.3 is 15.0 Å². The lowest BCUT2D eigenvalue weighted by molar-refractivity contribution is -0.871. The number of aryl methyl sites for hydroxylation is 1. The van der Waals surface area contributed by atoms with E-state index in [4.69, 9.17) is 16.3 Å². The fraction of sp³-hybridized carbons (Fsp3) is 0.278. The molecule has 0 saturated heterocycles. The van der Waals surface area contributed by atoms with Crippen LogP contribution < -0.4 is 15.0 Å². The highest BCUT2D eigenvalue weighted by Gasteiger charge is 2.10. The zero-order chi connectivity index (χ0) is 16.7. The molecule has 122 valence electrons. The van der Waals surface area contributed by atoms with Crippen molar-refractivity contribution < 1.29 is 14.4 Å². The quantitative estimate of drug-likeness (QED) is 0.815. The number of halogens is 1. The van der Waals surface area contributed by atoms with E-state index in [9.17, 15) is 4.79 Å². The van der Waals surface area contributed by atoms with E-state index >= 15 is 0 Å². The Morgan fingerprint density at radius 2 is 1.78 bits per heavy atom. The third-order valence-electron chi connectivity index (χ3n) is 3.41. The van der Waals surface area contributed by atoms with Gasteiger partial charge in [-0.15, -0.1) is 0 Å².